The Bertz CT molecular complexity index is 1040. The molecule has 204 valence electrons. The zero-order chi connectivity index (χ0) is 27.7. The summed E-state index contributed by atoms with van der Waals surface area (Å²) in [6.45, 7) is 16.9. The van der Waals surface area contributed by atoms with Gasteiger partial charge in [0.05, 0.1) is 31.4 Å². The van der Waals surface area contributed by atoms with Crippen molar-refractivity contribution in [2.75, 3.05) is 13.2 Å². The second-order valence-corrected chi connectivity index (χ2v) is 11.5. The van der Waals surface area contributed by atoms with E-state index < -0.39 is 15.9 Å². The van der Waals surface area contributed by atoms with Crippen LogP contribution in [0, 0.1) is 25.2 Å². The van der Waals surface area contributed by atoms with Crippen molar-refractivity contribution in [3.8, 4) is 6.07 Å². The van der Waals surface area contributed by atoms with Crippen molar-refractivity contribution in [2.45, 2.75) is 99.6 Å². The van der Waals surface area contributed by atoms with Crippen LogP contribution in [0.4, 0.5) is 8.63 Å². The zero-order valence-electron chi connectivity index (χ0n) is 23.6. The van der Waals surface area contributed by atoms with Crippen LogP contribution >= 0.6 is 8.53 Å². The molecule has 0 N–H and O–H groups in total. The first-order valence-corrected chi connectivity index (χ1v) is 14.3. The molecule has 0 amide bonds. The van der Waals surface area contributed by atoms with Crippen LogP contribution in [-0.4, -0.2) is 47.6 Å². The highest BCUT2D eigenvalue weighted by Crippen LogP contribution is 2.46. The number of hydrogen-bond donors (Lipinski definition) is 0. The van der Waals surface area contributed by atoms with Crippen LogP contribution in [0.15, 0.2) is 28.4 Å². The van der Waals surface area contributed by atoms with E-state index in [0.29, 0.717) is 37.4 Å². The molecule has 0 aromatic carbocycles. The maximum absolute atomic E-state index is 14.0. The van der Waals surface area contributed by atoms with E-state index in [1.54, 1.807) is 6.92 Å². The first kappa shape index (κ1) is 31.4. The molecule has 0 saturated heterocycles. The molecule has 1 aromatic heterocycles. The molecule has 37 heavy (non-hydrogen) atoms. The van der Waals surface area contributed by atoms with Crippen molar-refractivity contribution >= 4 is 27.2 Å². The van der Waals surface area contributed by atoms with Gasteiger partial charge in [-0.3, -0.25) is 13.6 Å². The highest BCUT2D eigenvalue weighted by Gasteiger charge is 2.29. The normalized spacial score (nSPS) is 15.9. The minimum atomic E-state index is -2.60. The molecule has 0 saturated carbocycles. The van der Waals surface area contributed by atoms with Crippen molar-refractivity contribution in [1.82, 2.24) is 9.15 Å². The Hall–Kier alpha value is -1.85. The summed E-state index contributed by atoms with van der Waals surface area (Å²) in [5.41, 5.74) is 5.59. The molecule has 6 nitrogen and oxygen atoms in total. The van der Waals surface area contributed by atoms with Gasteiger partial charge in [0.1, 0.15) is 0 Å². The number of halogens is 2. The van der Waals surface area contributed by atoms with E-state index in [1.165, 1.54) is 0 Å². The van der Waals surface area contributed by atoms with Crippen molar-refractivity contribution in [3.63, 3.8) is 0 Å². The Morgan fingerprint density at radius 2 is 1.73 bits per heavy atom. The minimum Gasteiger partial charge on any atom is -0.329 e. The van der Waals surface area contributed by atoms with Gasteiger partial charge in [0, 0.05) is 34.8 Å². The van der Waals surface area contributed by atoms with Gasteiger partial charge in [-0.15, -0.1) is 0 Å². The average Bonchev–Trinajstić information content (AvgIpc) is 3.29. The number of aromatic nitrogens is 1. The summed E-state index contributed by atoms with van der Waals surface area (Å²) in [6.07, 6.45) is 5.55. The van der Waals surface area contributed by atoms with Crippen molar-refractivity contribution in [1.29, 1.82) is 5.26 Å². The highest BCUT2D eigenvalue weighted by atomic mass is 31.2. The van der Waals surface area contributed by atoms with Gasteiger partial charge in [0.15, 0.2) is 0 Å². The monoisotopic (exact) mass is 534 g/mol. The molecule has 1 aromatic rings. The van der Waals surface area contributed by atoms with Gasteiger partial charge in [-0.1, -0.05) is 6.42 Å². The maximum atomic E-state index is 14.0. The van der Waals surface area contributed by atoms with Gasteiger partial charge >= 0.3 is 7.40 Å². The lowest BCUT2D eigenvalue weighted by Gasteiger charge is -2.35. The van der Waals surface area contributed by atoms with Gasteiger partial charge in [-0.05, 0) is 97.9 Å². The fourth-order valence-corrected chi connectivity index (χ4v) is 6.45. The number of nitrogens with zero attached hydrogens (tertiary/aromatic N) is 4. The van der Waals surface area contributed by atoms with E-state index in [4.69, 9.17) is 19.3 Å². The Balaban J connectivity index is 2.09. The fraction of sp³-hybridized carbons (Fsp3) is 0.630. The summed E-state index contributed by atoms with van der Waals surface area (Å²) < 4.78 is 43.5. The van der Waals surface area contributed by atoms with Gasteiger partial charge in [0.25, 0.3) is 8.53 Å². The minimum absolute atomic E-state index is 0.256. The standard InChI is InChI=1S/C27H42BF2N4O2P/c1-19(2)34(20(3)4)37(36-16-12-14-31)35-15-11-9-10-13-25(26-21(5)17-23(7)32-26)27-22(6)18-24(8)33(27)28(29)30/h17-20H,9-13,15-16H2,1-8H3/b26-25-. The first-order chi connectivity index (χ1) is 17.5. The third-order valence-corrected chi connectivity index (χ3v) is 8.32. The molecule has 2 rings (SSSR count). The Labute approximate surface area is 223 Å². The molecule has 2 heterocycles. The molecule has 0 radical (unpaired) electrons. The first-order valence-electron chi connectivity index (χ1n) is 13.1. The number of aryl methyl sites for hydroxylation is 2. The van der Waals surface area contributed by atoms with Gasteiger partial charge in [0.2, 0.25) is 0 Å². The molecule has 0 fully saturated rings. The number of aliphatic imine (C=N–C) groups is 1. The fourth-order valence-electron chi connectivity index (χ4n) is 4.82. The smallest absolute Gasteiger partial charge is 0.329 e. The summed E-state index contributed by atoms with van der Waals surface area (Å²) in [5, 5.41) is 8.88. The Morgan fingerprint density at radius 1 is 1.08 bits per heavy atom. The van der Waals surface area contributed by atoms with Crippen molar-refractivity contribution < 1.29 is 17.7 Å². The number of nitriles is 1. The Morgan fingerprint density at radius 3 is 2.27 bits per heavy atom. The predicted octanol–water partition coefficient (Wildman–Crippen LogP) is 7.86. The van der Waals surface area contributed by atoms with Crippen LogP contribution < -0.4 is 0 Å². The van der Waals surface area contributed by atoms with E-state index in [9.17, 15) is 8.63 Å². The summed E-state index contributed by atoms with van der Waals surface area (Å²) >= 11 is 0. The average molecular weight is 534 g/mol. The molecule has 0 aliphatic carbocycles. The summed E-state index contributed by atoms with van der Waals surface area (Å²) in [7, 11) is -3.86. The predicted molar refractivity (Wildman–Crippen MR) is 151 cm³/mol. The van der Waals surface area contributed by atoms with Crippen LogP contribution in [0.25, 0.3) is 5.57 Å². The van der Waals surface area contributed by atoms with Gasteiger partial charge < -0.3 is 13.5 Å². The molecule has 1 aliphatic heterocycles. The molecule has 10 heteroatoms. The molecular weight excluding hydrogens is 492 g/mol. The highest BCUT2D eigenvalue weighted by molar-refractivity contribution is 7.44. The molecule has 1 aliphatic rings. The van der Waals surface area contributed by atoms with Crippen molar-refractivity contribution in [2.24, 2.45) is 4.99 Å². The molecule has 0 spiro atoms. The molecule has 1 atom stereocenters. The summed E-state index contributed by atoms with van der Waals surface area (Å²) in [6, 6.07) is 4.46. The van der Waals surface area contributed by atoms with E-state index in [1.807, 2.05) is 32.9 Å². The third-order valence-electron chi connectivity index (χ3n) is 6.21. The van der Waals surface area contributed by atoms with Gasteiger partial charge in [-0.2, -0.15) is 5.26 Å². The van der Waals surface area contributed by atoms with E-state index in [2.05, 4.69) is 38.4 Å². The number of rotatable bonds is 15. The molecular formula is C27H42BF2N4O2P. The second-order valence-electron chi connectivity index (χ2n) is 10.1. The van der Waals surface area contributed by atoms with Crippen LogP contribution in [0.3, 0.4) is 0 Å². The number of hydrogen-bond acceptors (Lipinski definition) is 5. The topological polar surface area (TPSA) is 62.8 Å². The second kappa shape index (κ2) is 14.9. The summed E-state index contributed by atoms with van der Waals surface area (Å²) in [4.78, 5) is 4.70. The SMILES string of the molecule is CC1=CC(C)=N/C1=C(/CCCCCOP(OCCC#N)N(C(C)C)C(C)C)c1c(C)cc(C)n1B(F)F. The Kier molecular flexibility index (Phi) is 12.7. The van der Waals surface area contributed by atoms with E-state index in [0.717, 1.165) is 51.9 Å². The van der Waals surface area contributed by atoms with E-state index in [-0.39, 0.29) is 12.1 Å². The van der Waals surface area contributed by atoms with Crippen molar-refractivity contribution in [3.05, 3.63) is 40.4 Å². The number of allylic oxidation sites excluding steroid dienone is 3. The lowest BCUT2D eigenvalue weighted by molar-refractivity contribution is 0.174. The maximum Gasteiger partial charge on any atom is 0.677 e. The van der Waals surface area contributed by atoms with Crippen LogP contribution in [0.2, 0.25) is 0 Å². The van der Waals surface area contributed by atoms with Crippen LogP contribution in [0.1, 0.15) is 90.6 Å². The lowest BCUT2D eigenvalue weighted by Crippen LogP contribution is -2.33. The lowest BCUT2D eigenvalue weighted by atomic mass is 9.96. The summed E-state index contributed by atoms with van der Waals surface area (Å²) in [5.74, 6) is 0. The van der Waals surface area contributed by atoms with Gasteiger partial charge in [-0.25, -0.2) is 4.67 Å². The largest absolute Gasteiger partial charge is 0.677 e. The van der Waals surface area contributed by atoms with E-state index >= 15 is 0 Å². The zero-order valence-corrected chi connectivity index (χ0v) is 24.5. The third kappa shape index (κ3) is 8.58. The quantitative estimate of drug-likeness (QED) is 0.131. The number of unbranched alkanes of at least 4 members (excludes halogenated alkanes) is 2. The van der Waals surface area contributed by atoms with Crippen LogP contribution in [-0.2, 0) is 9.05 Å². The molecule has 0 bridgehead atoms. The molecule has 1 unspecified atom stereocenters. The van der Waals surface area contributed by atoms with Crippen LogP contribution in [0.5, 0.6) is 0 Å².